The van der Waals surface area contributed by atoms with Crippen LogP contribution in [0.2, 0.25) is 0 Å². The first-order valence-corrected chi connectivity index (χ1v) is 5.17. The van der Waals surface area contributed by atoms with E-state index in [4.69, 9.17) is 5.73 Å². The van der Waals surface area contributed by atoms with Gasteiger partial charge in [0.05, 0.1) is 16.3 Å². The van der Waals surface area contributed by atoms with Crippen LogP contribution < -0.4 is 11.1 Å². The SMILES string of the molecule is Cc1ncccc1Nc1ccc([N+](=O)[O-])c(N)n1. The monoisotopic (exact) mass is 245 g/mol. The summed E-state index contributed by atoms with van der Waals surface area (Å²) in [4.78, 5) is 18.1. The third kappa shape index (κ3) is 2.34. The van der Waals surface area contributed by atoms with Crippen LogP contribution in [0, 0.1) is 17.0 Å². The molecule has 0 saturated carbocycles. The van der Waals surface area contributed by atoms with E-state index in [0.29, 0.717) is 5.82 Å². The Balaban J connectivity index is 2.29. The van der Waals surface area contributed by atoms with Crippen molar-refractivity contribution in [3.63, 3.8) is 0 Å². The molecular formula is C11H11N5O2. The van der Waals surface area contributed by atoms with Gasteiger partial charge in [0.1, 0.15) is 5.82 Å². The number of nitro groups is 1. The summed E-state index contributed by atoms with van der Waals surface area (Å²) >= 11 is 0. The van der Waals surface area contributed by atoms with Gasteiger partial charge in [0, 0.05) is 12.3 Å². The standard InChI is InChI=1S/C11H11N5O2/c1-7-8(3-2-6-13-7)14-10-5-4-9(16(17)18)11(12)15-10/h2-6H,1H3,(H3,12,14,15). The van der Waals surface area contributed by atoms with Crippen molar-refractivity contribution in [1.82, 2.24) is 9.97 Å². The molecule has 0 atom stereocenters. The Morgan fingerprint density at radius 2 is 2.17 bits per heavy atom. The van der Waals surface area contributed by atoms with Gasteiger partial charge in [-0.2, -0.15) is 0 Å². The predicted molar refractivity (Wildman–Crippen MR) is 67.6 cm³/mol. The predicted octanol–water partition coefficient (Wildman–Crippen LogP) is 2.02. The second-order valence-electron chi connectivity index (χ2n) is 3.62. The van der Waals surface area contributed by atoms with Crippen LogP contribution in [0.5, 0.6) is 0 Å². The van der Waals surface area contributed by atoms with E-state index in [0.717, 1.165) is 11.4 Å². The van der Waals surface area contributed by atoms with E-state index in [1.807, 2.05) is 13.0 Å². The molecule has 0 saturated heterocycles. The molecule has 0 spiro atoms. The lowest BCUT2D eigenvalue weighted by Gasteiger charge is -2.08. The molecule has 0 aliphatic heterocycles. The number of pyridine rings is 2. The van der Waals surface area contributed by atoms with Crippen LogP contribution in [0.1, 0.15) is 5.69 Å². The number of aryl methyl sites for hydroxylation is 1. The Labute approximate surface area is 103 Å². The first-order valence-electron chi connectivity index (χ1n) is 5.17. The third-order valence-corrected chi connectivity index (χ3v) is 2.37. The molecule has 0 unspecified atom stereocenters. The van der Waals surface area contributed by atoms with E-state index < -0.39 is 4.92 Å². The number of hydrogen-bond acceptors (Lipinski definition) is 6. The number of nitrogens with one attached hydrogen (secondary N) is 1. The zero-order chi connectivity index (χ0) is 13.1. The van der Waals surface area contributed by atoms with Gasteiger partial charge in [-0.25, -0.2) is 4.98 Å². The number of rotatable bonds is 3. The minimum Gasteiger partial charge on any atom is -0.378 e. The summed E-state index contributed by atoms with van der Waals surface area (Å²) in [6.45, 7) is 1.84. The van der Waals surface area contributed by atoms with Gasteiger partial charge in [-0.15, -0.1) is 0 Å². The molecule has 3 N–H and O–H groups in total. The maximum absolute atomic E-state index is 10.6. The zero-order valence-electron chi connectivity index (χ0n) is 9.62. The summed E-state index contributed by atoms with van der Waals surface area (Å²) in [6, 6.07) is 6.43. The summed E-state index contributed by atoms with van der Waals surface area (Å²) in [5.41, 5.74) is 6.88. The molecule has 0 aliphatic carbocycles. The number of nitrogens with two attached hydrogens (primary N) is 1. The lowest BCUT2D eigenvalue weighted by atomic mass is 10.3. The number of aromatic nitrogens is 2. The third-order valence-electron chi connectivity index (χ3n) is 2.37. The highest BCUT2D eigenvalue weighted by Gasteiger charge is 2.13. The zero-order valence-corrected chi connectivity index (χ0v) is 9.62. The van der Waals surface area contributed by atoms with Crippen molar-refractivity contribution in [3.05, 3.63) is 46.3 Å². The van der Waals surface area contributed by atoms with Crippen molar-refractivity contribution in [2.24, 2.45) is 0 Å². The van der Waals surface area contributed by atoms with E-state index in [-0.39, 0.29) is 11.5 Å². The topological polar surface area (TPSA) is 107 Å². The number of nitrogen functional groups attached to an aromatic ring is 1. The summed E-state index contributed by atoms with van der Waals surface area (Å²) in [5.74, 6) is 0.320. The molecule has 0 aromatic carbocycles. The van der Waals surface area contributed by atoms with Gasteiger partial charge >= 0.3 is 5.69 Å². The number of hydrogen-bond donors (Lipinski definition) is 2. The van der Waals surface area contributed by atoms with Crippen LogP contribution in [0.3, 0.4) is 0 Å². The molecule has 2 aromatic heterocycles. The molecule has 0 bridgehead atoms. The highest BCUT2D eigenvalue weighted by atomic mass is 16.6. The number of anilines is 3. The molecule has 7 heteroatoms. The smallest absolute Gasteiger partial charge is 0.311 e. The van der Waals surface area contributed by atoms with Crippen molar-refractivity contribution >= 4 is 23.0 Å². The molecular weight excluding hydrogens is 234 g/mol. The Morgan fingerprint density at radius 1 is 1.39 bits per heavy atom. The van der Waals surface area contributed by atoms with Gasteiger partial charge in [-0.05, 0) is 25.1 Å². The summed E-state index contributed by atoms with van der Waals surface area (Å²) < 4.78 is 0. The van der Waals surface area contributed by atoms with E-state index in [2.05, 4.69) is 15.3 Å². The minimum atomic E-state index is -0.568. The average Bonchev–Trinajstić information content (AvgIpc) is 2.32. The Morgan fingerprint density at radius 3 is 2.78 bits per heavy atom. The van der Waals surface area contributed by atoms with E-state index in [1.165, 1.54) is 12.1 Å². The van der Waals surface area contributed by atoms with Crippen LogP contribution >= 0.6 is 0 Å². The Kier molecular flexibility index (Phi) is 3.05. The van der Waals surface area contributed by atoms with Gasteiger partial charge in [0.25, 0.3) is 0 Å². The highest BCUT2D eigenvalue weighted by molar-refractivity contribution is 5.63. The van der Waals surface area contributed by atoms with Crippen LogP contribution in [0.4, 0.5) is 23.0 Å². The van der Waals surface area contributed by atoms with Crippen molar-refractivity contribution in [2.45, 2.75) is 6.92 Å². The van der Waals surface area contributed by atoms with Gasteiger partial charge in [-0.3, -0.25) is 15.1 Å². The van der Waals surface area contributed by atoms with Crippen LogP contribution in [0.15, 0.2) is 30.5 Å². The molecule has 0 aliphatic rings. The lowest BCUT2D eigenvalue weighted by Crippen LogP contribution is -2.02. The maximum atomic E-state index is 10.6. The number of nitrogens with zero attached hydrogens (tertiary/aromatic N) is 3. The summed E-state index contributed by atoms with van der Waals surface area (Å²) in [7, 11) is 0. The van der Waals surface area contributed by atoms with Gasteiger partial charge in [-0.1, -0.05) is 0 Å². The molecule has 0 radical (unpaired) electrons. The maximum Gasteiger partial charge on any atom is 0.311 e. The first kappa shape index (κ1) is 11.8. The van der Waals surface area contributed by atoms with E-state index in [9.17, 15) is 10.1 Å². The normalized spacial score (nSPS) is 10.1. The van der Waals surface area contributed by atoms with E-state index in [1.54, 1.807) is 12.3 Å². The van der Waals surface area contributed by atoms with Crippen LogP contribution in [-0.4, -0.2) is 14.9 Å². The van der Waals surface area contributed by atoms with Gasteiger partial charge in [0.2, 0.25) is 5.82 Å². The van der Waals surface area contributed by atoms with Crippen molar-refractivity contribution in [2.75, 3.05) is 11.1 Å². The largest absolute Gasteiger partial charge is 0.378 e. The quantitative estimate of drug-likeness (QED) is 0.632. The summed E-state index contributed by atoms with van der Waals surface area (Å²) in [6.07, 6.45) is 1.68. The molecule has 2 aromatic rings. The lowest BCUT2D eigenvalue weighted by molar-refractivity contribution is -0.384. The molecule has 92 valence electrons. The van der Waals surface area contributed by atoms with Crippen LogP contribution in [-0.2, 0) is 0 Å². The molecule has 0 amide bonds. The fourth-order valence-corrected chi connectivity index (χ4v) is 1.45. The molecule has 7 nitrogen and oxygen atoms in total. The van der Waals surface area contributed by atoms with E-state index >= 15 is 0 Å². The molecule has 2 rings (SSSR count). The Bertz CT molecular complexity index is 600. The molecule has 18 heavy (non-hydrogen) atoms. The van der Waals surface area contributed by atoms with Crippen molar-refractivity contribution < 1.29 is 4.92 Å². The summed E-state index contributed by atoms with van der Waals surface area (Å²) in [5, 5.41) is 13.6. The first-order chi connectivity index (χ1) is 8.58. The van der Waals surface area contributed by atoms with Gasteiger partial charge < -0.3 is 11.1 Å². The van der Waals surface area contributed by atoms with Crippen molar-refractivity contribution in [3.8, 4) is 0 Å². The fraction of sp³-hybridized carbons (Fsp3) is 0.0909. The molecule has 2 heterocycles. The molecule has 0 fully saturated rings. The van der Waals surface area contributed by atoms with Crippen molar-refractivity contribution in [1.29, 1.82) is 0 Å². The second-order valence-corrected chi connectivity index (χ2v) is 3.62. The van der Waals surface area contributed by atoms with Crippen LogP contribution in [0.25, 0.3) is 0 Å². The fourth-order valence-electron chi connectivity index (χ4n) is 1.45. The van der Waals surface area contributed by atoms with Gasteiger partial charge in [0.15, 0.2) is 0 Å². The average molecular weight is 245 g/mol. The minimum absolute atomic E-state index is 0.119. The Hall–Kier alpha value is -2.70. The highest BCUT2D eigenvalue weighted by Crippen LogP contribution is 2.23. The second kappa shape index (κ2) is 4.66.